The van der Waals surface area contributed by atoms with E-state index >= 15 is 0 Å². The van der Waals surface area contributed by atoms with Crippen LogP contribution in [0.15, 0.2) is 36.9 Å². The molecule has 2 heteroatoms. The fourth-order valence-electron chi connectivity index (χ4n) is 4.70. The first-order valence-corrected chi connectivity index (χ1v) is 9.83. The van der Waals surface area contributed by atoms with E-state index < -0.39 is 11.6 Å². The van der Waals surface area contributed by atoms with Gasteiger partial charge in [0, 0.05) is 5.92 Å². The highest BCUT2D eigenvalue weighted by Crippen LogP contribution is 2.41. The van der Waals surface area contributed by atoms with Crippen LogP contribution in [0.2, 0.25) is 0 Å². The molecule has 0 aromatic heterocycles. The smallest absolute Gasteiger partial charge is 0.162 e. The predicted octanol–water partition coefficient (Wildman–Crippen LogP) is 7.10. The molecule has 2 aliphatic carbocycles. The minimum atomic E-state index is -0.689. The molecule has 1 fully saturated rings. The largest absolute Gasteiger partial charge is 0.203 e. The van der Waals surface area contributed by atoms with E-state index in [2.05, 4.69) is 18.7 Å². The Bertz CT molecular complexity index is 623. The Morgan fingerprint density at radius 1 is 1.00 bits per heavy atom. The summed E-state index contributed by atoms with van der Waals surface area (Å²) < 4.78 is 28.1. The van der Waals surface area contributed by atoms with Gasteiger partial charge in [-0.15, -0.1) is 6.58 Å². The van der Waals surface area contributed by atoms with Crippen LogP contribution in [0.4, 0.5) is 8.78 Å². The van der Waals surface area contributed by atoms with Crippen LogP contribution in [0.1, 0.15) is 68.4 Å². The summed E-state index contributed by atoms with van der Waals surface area (Å²) in [6.07, 6.45) is 16.2. The van der Waals surface area contributed by atoms with E-state index in [4.69, 9.17) is 0 Å². The molecule has 2 unspecified atom stereocenters. The molecule has 0 radical (unpaired) electrons. The van der Waals surface area contributed by atoms with Crippen molar-refractivity contribution < 1.29 is 8.78 Å². The van der Waals surface area contributed by atoms with E-state index in [0.29, 0.717) is 17.0 Å². The lowest BCUT2D eigenvalue weighted by Gasteiger charge is -2.35. The highest BCUT2D eigenvalue weighted by molar-refractivity contribution is 5.31. The maximum atomic E-state index is 14.2. The molecule has 2 atom stereocenters. The number of allylic oxidation sites excluding steroid dienone is 3. The van der Waals surface area contributed by atoms with Gasteiger partial charge in [-0.2, -0.15) is 0 Å². The number of aryl methyl sites for hydroxylation is 1. The molecule has 0 nitrogen and oxygen atoms in total. The molecule has 1 saturated carbocycles. The monoisotopic (exact) mass is 344 g/mol. The Morgan fingerprint density at radius 3 is 2.40 bits per heavy atom. The van der Waals surface area contributed by atoms with Crippen molar-refractivity contribution in [2.45, 2.75) is 64.2 Å². The van der Waals surface area contributed by atoms with Gasteiger partial charge in [0.05, 0.1) is 0 Å². The standard InChI is InChI=1S/C23H30F2/c1-3-4-5-17-7-9-18(10-8-17)19-11-13-20(14-12-19)21-15-6-16(2)22(24)23(21)25/h3,6,11,13,15,17-20H,1,4-5,7-10,12,14H2,2H3. The molecule has 1 aromatic rings. The molecule has 1 aromatic carbocycles. The Kier molecular flexibility index (Phi) is 6.09. The van der Waals surface area contributed by atoms with Gasteiger partial charge >= 0.3 is 0 Å². The van der Waals surface area contributed by atoms with Gasteiger partial charge in [0.25, 0.3) is 0 Å². The molecule has 0 heterocycles. The van der Waals surface area contributed by atoms with Crippen molar-refractivity contribution in [2.24, 2.45) is 17.8 Å². The second kappa shape index (κ2) is 8.29. The molecular formula is C23H30F2. The van der Waals surface area contributed by atoms with Crippen LogP contribution in [0, 0.1) is 36.3 Å². The van der Waals surface area contributed by atoms with E-state index in [0.717, 1.165) is 31.1 Å². The normalized spacial score (nSPS) is 29.6. The van der Waals surface area contributed by atoms with Gasteiger partial charge in [0.2, 0.25) is 0 Å². The summed E-state index contributed by atoms with van der Waals surface area (Å²) in [7, 11) is 0. The van der Waals surface area contributed by atoms with Gasteiger partial charge in [-0.3, -0.25) is 0 Å². The SMILES string of the molecule is C=CCCC1CCC(C2C=CC(c3ccc(C)c(F)c3F)CC2)CC1. The number of benzene rings is 1. The van der Waals surface area contributed by atoms with Gasteiger partial charge in [0.1, 0.15) is 0 Å². The Morgan fingerprint density at radius 2 is 1.76 bits per heavy atom. The van der Waals surface area contributed by atoms with Gasteiger partial charge in [-0.05, 0) is 74.3 Å². The third kappa shape index (κ3) is 4.22. The van der Waals surface area contributed by atoms with Crippen LogP contribution in [-0.4, -0.2) is 0 Å². The molecule has 25 heavy (non-hydrogen) atoms. The van der Waals surface area contributed by atoms with Crippen molar-refractivity contribution >= 4 is 0 Å². The van der Waals surface area contributed by atoms with Crippen molar-refractivity contribution in [2.75, 3.05) is 0 Å². The zero-order chi connectivity index (χ0) is 17.8. The van der Waals surface area contributed by atoms with Crippen LogP contribution < -0.4 is 0 Å². The molecule has 2 aliphatic rings. The maximum absolute atomic E-state index is 14.2. The third-order valence-electron chi connectivity index (χ3n) is 6.38. The van der Waals surface area contributed by atoms with Crippen LogP contribution in [0.3, 0.4) is 0 Å². The lowest BCUT2D eigenvalue weighted by Crippen LogP contribution is -2.23. The number of halogens is 2. The first-order valence-electron chi connectivity index (χ1n) is 9.83. The van der Waals surface area contributed by atoms with Crippen LogP contribution in [0.5, 0.6) is 0 Å². The third-order valence-corrected chi connectivity index (χ3v) is 6.38. The second-order valence-electron chi connectivity index (χ2n) is 7.98. The zero-order valence-electron chi connectivity index (χ0n) is 15.3. The average Bonchev–Trinajstić information content (AvgIpc) is 2.65. The quantitative estimate of drug-likeness (QED) is 0.500. The first-order chi connectivity index (χ1) is 12.1. The predicted molar refractivity (Wildman–Crippen MR) is 101 cm³/mol. The fraction of sp³-hybridized carbons (Fsp3) is 0.565. The summed E-state index contributed by atoms with van der Waals surface area (Å²) in [5.41, 5.74) is 0.901. The maximum Gasteiger partial charge on any atom is 0.162 e. The summed E-state index contributed by atoms with van der Waals surface area (Å²) in [5, 5.41) is 0. The van der Waals surface area contributed by atoms with E-state index in [9.17, 15) is 8.78 Å². The molecule has 0 bridgehead atoms. The van der Waals surface area contributed by atoms with Gasteiger partial charge < -0.3 is 0 Å². The molecule has 0 N–H and O–H groups in total. The molecule has 0 aliphatic heterocycles. The van der Waals surface area contributed by atoms with Gasteiger partial charge in [-0.1, -0.05) is 43.2 Å². The minimum Gasteiger partial charge on any atom is -0.203 e. The lowest BCUT2D eigenvalue weighted by atomic mass is 9.70. The molecule has 136 valence electrons. The van der Waals surface area contributed by atoms with Gasteiger partial charge in [0.15, 0.2) is 11.6 Å². The number of rotatable bonds is 5. The summed E-state index contributed by atoms with van der Waals surface area (Å²) in [6, 6.07) is 3.45. The highest BCUT2D eigenvalue weighted by atomic mass is 19.2. The zero-order valence-corrected chi connectivity index (χ0v) is 15.3. The number of hydrogen-bond acceptors (Lipinski definition) is 0. The summed E-state index contributed by atoms with van der Waals surface area (Å²) in [6.45, 7) is 5.43. The first kappa shape index (κ1) is 18.4. The van der Waals surface area contributed by atoms with Crippen molar-refractivity contribution in [1.82, 2.24) is 0 Å². The van der Waals surface area contributed by atoms with Crippen LogP contribution in [-0.2, 0) is 0 Å². The topological polar surface area (TPSA) is 0 Å². The Labute approximate surface area is 151 Å². The van der Waals surface area contributed by atoms with Crippen molar-refractivity contribution in [3.8, 4) is 0 Å². The molecule has 0 amide bonds. The summed E-state index contributed by atoms with van der Waals surface area (Å²) in [5.74, 6) is 0.947. The molecule has 0 spiro atoms. The van der Waals surface area contributed by atoms with Crippen LogP contribution >= 0.6 is 0 Å². The number of hydrogen-bond donors (Lipinski definition) is 0. The highest BCUT2D eigenvalue weighted by Gasteiger charge is 2.29. The fourth-order valence-corrected chi connectivity index (χ4v) is 4.70. The Hall–Kier alpha value is -1.44. The van der Waals surface area contributed by atoms with Crippen molar-refractivity contribution in [3.63, 3.8) is 0 Å². The molecule has 0 saturated heterocycles. The lowest BCUT2D eigenvalue weighted by molar-refractivity contribution is 0.210. The van der Waals surface area contributed by atoms with E-state index in [-0.39, 0.29) is 5.92 Å². The molecular weight excluding hydrogens is 314 g/mol. The van der Waals surface area contributed by atoms with Gasteiger partial charge in [-0.25, -0.2) is 8.78 Å². The van der Waals surface area contributed by atoms with Crippen molar-refractivity contribution in [1.29, 1.82) is 0 Å². The van der Waals surface area contributed by atoms with E-state index in [1.807, 2.05) is 6.08 Å². The van der Waals surface area contributed by atoms with Crippen molar-refractivity contribution in [3.05, 3.63) is 59.7 Å². The van der Waals surface area contributed by atoms with Crippen LogP contribution in [0.25, 0.3) is 0 Å². The second-order valence-corrected chi connectivity index (χ2v) is 7.98. The summed E-state index contributed by atoms with van der Waals surface area (Å²) >= 11 is 0. The van der Waals surface area contributed by atoms with E-state index in [1.165, 1.54) is 32.1 Å². The van der Waals surface area contributed by atoms with E-state index in [1.54, 1.807) is 19.1 Å². The summed E-state index contributed by atoms with van der Waals surface area (Å²) in [4.78, 5) is 0. The Balaban J connectivity index is 1.58. The molecule has 3 rings (SSSR count). The average molecular weight is 344 g/mol. The minimum absolute atomic E-state index is 0.0234.